The molecule has 0 unspecified atom stereocenters. The third-order valence-corrected chi connectivity index (χ3v) is 28.4. The molecule has 0 fully saturated rings. The van der Waals surface area contributed by atoms with Gasteiger partial charge in [-0.2, -0.15) is 8.75 Å². The molecule has 17 heteroatoms. The smallest absolute Gasteiger partial charge is 0.270 e. The Balaban J connectivity index is 1.01. The van der Waals surface area contributed by atoms with Gasteiger partial charge in [0.2, 0.25) is 0 Å². The van der Waals surface area contributed by atoms with E-state index >= 15 is 17.6 Å². The second kappa shape index (κ2) is 31.1. The van der Waals surface area contributed by atoms with Gasteiger partial charge in [0.15, 0.2) is 34.8 Å². The Morgan fingerprint density at radius 1 is 0.423 bits per heavy atom. The molecule has 0 saturated carbocycles. The average Bonchev–Trinajstić information content (AvgIpc) is 1.49. The standard InChI is InChI=1S/C94H76F4N6O2S5/c1-7-11-15-19-23-53-27-35-57(36-28-53)93(58-37-29-54(30-38-58)24-20-16-12-8-2)69-45-61(43-67-77(75(51-99)101-5)63-47-71(95)73(97)49-65(63)85(67)105)107-87(69)91-81(93)79-83-84(104-111-103-83)90-80(89(79)109-91)82-92(110-90)88-70(46-62(108-88)44-68-78(76(52-100)102-6)64-48-72(96)74(98)50-66(64)86(68)106)94(82,59-39-31-55(32-40-59)25-21-17-13-9-3)60-41-33-56(34-42-60)26-22-18-14-10-4/h27-50H,7-26H2,1-4H3/b67-43-,68-44-,77-75?,78-76+. The molecular weight excluding hydrogens is 1480 g/mol. The van der Waals surface area contributed by atoms with Crippen LogP contribution in [0.1, 0.15) is 239 Å². The number of allylic oxidation sites excluding steroid dienone is 6. The summed E-state index contributed by atoms with van der Waals surface area (Å²) in [6, 6.07) is 48.1. The molecule has 16 rings (SSSR count). The molecule has 8 nitrogen and oxygen atoms in total. The van der Waals surface area contributed by atoms with E-state index in [1.54, 1.807) is 34.8 Å². The van der Waals surface area contributed by atoms with Crippen LogP contribution in [-0.2, 0) is 36.5 Å². The molecule has 0 atom stereocenters. The molecule has 0 aliphatic heterocycles. The van der Waals surface area contributed by atoms with Crippen LogP contribution in [0.15, 0.2) is 156 Å². The third-order valence-electron chi connectivity index (χ3n) is 22.9. The molecule has 12 aromatic rings. The van der Waals surface area contributed by atoms with Gasteiger partial charge >= 0.3 is 0 Å². The minimum atomic E-state index is -1.22. The van der Waals surface area contributed by atoms with Gasteiger partial charge in [-0.25, -0.2) is 37.8 Å². The number of ketones is 2. The first-order valence-electron chi connectivity index (χ1n) is 38.6. The number of aryl methyl sites for hydroxylation is 4. The normalized spacial score (nSPS) is 15.8. The van der Waals surface area contributed by atoms with Crippen LogP contribution in [-0.4, -0.2) is 20.3 Å². The minimum Gasteiger partial charge on any atom is -0.289 e. The van der Waals surface area contributed by atoms with Crippen LogP contribution in [0.25, 0.3) is 83.7 Å². The van der Waals surface area contributed by atoms with E-state index < -0.39 is 57.1 Å². The number of hydrogen-bond acceptors (Lipinski definition) is 11. The monoisotopic (exact) mass is 1560 g/mol. The van der Waals surface area contributed by atoms with Crippen LogP contribution in [0, 0.1) is 59.1 Å². The van der Waals surface area contributed by atoms with Crippen LogP contribution in [0.5, 0.6) is 0 Å². The zero-order valence-electron chi connectivity index (χ0n) is 62.1. The summed E-state index contributed by atoms with van der Waals surface area (Å²) in [7, 11) is 0. The Labute approximate surface area is 664 Å². The maximum Gasteiger partial charge on any atom is 0.270 e. The number of carbonyl (C=O) groups excluding carboxylic acids is 2. The van der Waals surface area contributed by atoms with Gasteiger partial charge in [-0.15, -0.1) is 45.3 Å². The SMILES string of the molecule is [C-]#[N+]C(C#N)=C1/C(=C/c2cc3c(s2)-c2sc4c(c2C3(c2ccc(CCCCCC)cc2)c2ccc(CCCCCC)cc2)c2nsnc2c2sc3c(c24)C(c2ccc(CCCCCC)cc2)(c2ccc(CCCCCC)cc2)c2cc(/C=C4\C(=O)c5cc(F)c(F)cc5\C4=C(\C#N)[N+]#[C-])sc2-3)C(=O)c2cc(F)c(F)cc21. The molecule has 0 spiro atoms. The van der Waals surface area contributed by atoms with Crippen molar-refractivity contribution >= 4 is 123 Å². The summed E-state index contributed by atoms with van der Waals surface area (Å²) in [4.78, 5) is 41.9. The topological polar surface area (TPSA) is 116 Å². The number of aromatic nitrogens is 2. The Kier molecular flexibility index (Phi) is 20.9. The highest BCUT2D eigenvalue weighted by molar-refractivity contribution is 7.30. The first kappa shape index (κ1) is 74.7. The van der Waals surface area contributed by atoms with Gasteiger partial charge in [0.25, 0.3) is 11.4 Å². The van der Waals surface area contributed by atoms with E-state index in [4.69, 9.17) is 21.9 Å². The Bertz CT molecular complexity index is 5970. The minimum absolute atomic E-state index is 0.00789. The van der Waals surface area contributed by atoms with Gasteiger partial charge in [0.1, 0.15) is 11.0 Å². The van der Waals surface area contributed by atoms with Crippen LogP contribution >= 0.6 is 57.1 Å². The maximum absolute atomic E-state index is 15.4. The van der Waals surface area contributed by atoms with Gasteiger partial charge in [-0.05, 0) is 167 Å². The molecule has 0 N–H and O–H groups in total. The highest BCUT2D eigenvalue weighted by Crippen LogP contribution is 2.69. The fraction of sp³-hybridized carbons (Fsp3) is 0.277. The van der Waals surface area contributed by atoms with Crippen LogP contribution in [0.3, 0.4) is 0 Å². The van der Waals surface area contributed by atoms with Gasteiger partial charge in [0.05, 0.1) is 72.0 Å². The van der Waals surface area contributed by atoms with Crippen LogP contribution < -0.4 is 0 Å². The molecule has 4 aliphatic carbocycles. The molecule has 0 bridgehead atoms. The Morgan fingerprint density at radius 3 is 1.10 bits per heavy atom. The molecule has 0 saturated heterocycles. The number of nitriles is 2. The van der Waals surface area contributed by atoms with Crippen molar-refractivity contribution in [3.8, 4) is 31.6 Å². The third kappa shape index (κ3) is 12.5. The van der Waals surface area contributed by atoms with Gasteiger partial charge < -0.3 is 0 Å². The molecule has 4 aliphatic rings. The zero-order chi connectivity index (χ0) is 77.0. The summed E-state index contributed by atoms with van der Waals surface area (Å²) in [6.07, 6.45) is 24.7. The van der Waals surface area contributed by atoms with Crippen molar-refractivity contribution in [2.24, 2.45) is 0 Å². The number of halogens is 4. The lowest BCUT2D eigenvalue weighted by Crippen LogP contribution is -2.29. The fourth-order valence-electron chi connectivity index (χ4n) is 17.6. The summed E-state index contributed by atoms with van der Waals surface area (Å²) in [5, 5.41) is 23.0. The van der Waals surface area contributed by atoms with Crippen molar-refractivity contribution in [2.75, 3.05) is 0 Å². The molecule has 7 aromatic carbocycles. The fourth-order valence-corrected chi connectivity index (χ4v) is 23.7. The maximum atomic E-state index is 15.4. The van der Waals surface area contributed by atoms with Gasteiger partial charge in [0, 0.05) is 69.8 Å². The second-order valence-corrected chi connectivity index (χ2v) is 34.3. The van der Waals surface area contributed by atoms with E-state index in [2.05, 4.69) is 147 Å². The van der Waals surface area contributed by atoms with E-state index in [0.717, 1.165) is 248 Å². The highest BCUT2D eigenvalue weighted by Gasteiger charge is 2.54. The molecule has 0 amide bonds. The zero-order valence-corrected chi connectivity index (χ0v) is 66.1. The lowest BCUT2D eigenvalue weighted by Gasteiger charge is -2.34. The number of nitrogens with zero attached hydrogens (tertiary/aromatic N) is 6. The van der Waals surface area contributed by atoms with Crippen molar-refractivity contribution in [1.82, 2.24) is 8.75 Å². The highest BCUT2D eigenvalue weighted by atomic mass is 32.1. The molecule has 5 heterocycles. The van der Waals surface area contributed by atoms with Crippen LogP contribution in [0.2, 0.25) is 0 Å². The number of hydrogen-bond donors (Lipinski definition) is 0. The van der Waals surface area contributed by atoms with Crippen molar-refractivity contribution in [3.05, 3.63) is 301 Å². The quantitative estimate of drug-likeness (QED) is 0.0175. The lowest BCUT2D eigenvalue weighted by molar-refractivity contribution is 0.103. The number of fused-ring (bicyclic) bond motifs is 16. The van der Waals surface area contributed by atoms with E-state index in [9.17, 15) is 20.1 Å². The summed E-state index contributed by atoms with van der Waals surface area (Å²) < 4.78 is 74.0. The van der Waals surface area contributed by atoms with Gasteiger partial charge in [-0.1, -0.05) is 202 Å². The molecule has 5 aromatic heterocycles. The van der Waals surface area contributed by atoms with Gasteiger partial charge in [-0.3, -0.25) is 9.59 Å². The molecule has 0 radical (unpaired) electrons. The number of unbranched alkanes of at least 4 members (excludes halogenated alkanes) is 12. The van der Waals surface area contributed by atoms with Crippen molar-refractivity contribution in [2.45, 2.75) is 167 Å². The predicted octanol–water partition coefficient (Wildman–Crippen LogP) is 26.9. The Hall–Kier alpha value is -10.3. The lowest BCUT2D eigenvalue weighted by atomic mass is 9.66. The summed E-state index contributed by atoms with van der Waals surface area (Å²) >= 11 is 7.52. The number of thiophene rings is 4. The number of benzene rings is 7. The summed E-state index contributed by atoms with van der Waals surface area (Å²) in [5.74, 6) is -6.09. The average molecular weight is 1560 g/mol. The van der Waals surface area contributed by atoms with Crippen molar-refractivity contribution < 1.29 is 27.2 Å². The first-order chi connectivity index (χ1) is 54.2. The van der Waals surface area contributed by atoms with E-state index in [1.165, 1.54) is 56.7 Å². The molecular formula is C94H76F4N6O2S5. The number of Topliss-reactive ketones (excluding diaryl/α,β-unsaturated/α-hetero) is 2. The predicted molar refractivity (Wildman–Crippen MR) is 446 cm³/mol. The largest absolute Gasteiger partial charge is 0.289 e. The van der Waals surface area contributed by atoms with E-state index in [0.29, 0.717) is 9.75 Å². The first-order valence-corrected chi connectivity index (χ1v) is 42.6. The second-order valence-electron chi connectivity index (χ2n) is 29.6. The van der Waals surface area contributed by atoms with E-state index in [-0.39, 0.29) is 44.5 Å². The van der Waals surface area contributed by atoms with Crippen molar-refractivity contribution in [3.63, 3.8) is 0 Å². The number of carbonyl (C=O) groups is 2. The van der Waals surface area contributed by atoms with Crippen molar-refractivity contribution in [1.29, 1.82) is 10.5 Å². The Morgan fingerprint density at radius 2 is 0.757 bits per heavy atom. The summed E-state index contributed by atoms with van der Waals surface area (Å²) in [6.45, 7) is 25.2. The summed E-state index contributed by atoms with van der Waals surface area (Å²) in [5.41, 5.74) is 11.0. The number of rotatable bonds is 26. The van der Waals surface area contributed by atoms with Crippen LogP contribution in [0.4, 0.5) is 17.6 Å². The molecule has 552 valence electrons. The molecule has 111 heavy (non-hydrogen) atoms. The van der Waals surface area contributed by atoms with E-state index in [1.807, 2.05) is 12.1 Å².